The second-order valence-electron chi connectivity index (χ2n) is 8.06. The predicted molar refractivity (Wildman–Crippen MR) is 111 cm³/mol. The lowest BCUT2D eigenvalue weighted by Crippen LogP contribution is -2.48. The molecule has 0 amide bonds. The van der Waals surface area contributed by atoms with Crippen LogP contribution in [-0.2, 0) is 6.54 Å². The summed E-state index contributed by atoms with van der Waals surface area (Å²) in [6.45, 7) is 10.5. The molecule has 4 rings (SSSR count). The van der Waals surface area contributed by atoms with Gasteiger partial charge >= 0.3 is 0 Å². The van der Waals surface area contributed by atoms with Crippen molar-refractivity contribution < 1.29 is 5.11 Å². The fraction of sp³-hybridized carbons (Fsp3) is 0.591. The summed E-state index contributed by atoms with van der Waals surface area (Å²) >= 11 is 0. The van der Waals surface area contributed by atoms with E-state index in [1.165, 1.54) is 54.7 Å². The summed E-state index contributed by atoms with van der Waals surface area (Å²) in [6.07, 6.45) is 4.00. The molecule has 0 unspecified atom stereocenters. The number of anilines is 1. The first kappa shape index (κ1) is 18.7. The molecule has 146 valence electrons. The van der Waals surface area contributed by atoms with Crippen LogP contribution in [0.15, 0.2) is 24.3 Å². The number of nitrogens with zero attached hydrogens (tertiary/aromatic N) is 4. The van der Waals surface area contributed by atoms with Crippen molar-refractivity contribution in [3.63, 3.8) is 0 Å². The minimum atomic E-state index is 0.244. The molecule has 2 fully saturated rings. The van der Waals surface area contributed by atoms with Crippen LogP contribution in [0.4, 0.5) is 5.82 Å². The summed E-state index contributed by atoms with van der Waals surface area (Å²) < 4.78 is 0. The van der Waals surface area contributed by atoms with Crippen LogP contribution in [0.25, 0.3) is 10.9 Å². The van der Waals surface area contributed by atoms with Crippen LogP contribution in [0.3, 0.4) is 0 Å². The van der Waals surface area contributed by atoms with Crippen LogP contribution < -0.4 is 4.90 Å². The number of hydrogen-bond acceptors (Lipinski definition) is 5. The zero-order chi connectivity index (χ0) is 18.6. The summed E-state index contributed by atoms with van der Waals surface area (Å²) in [5, 5.41) is 10.4. The molecule has 0 bridgehead atoms. The van der Waals surface area contributed by atoms with Gasteiger partial charge in [-0.1, -0.05) is 18.6 Å². The Morgan fingerprint density at radius 2 is 1.70 bits per heavy atom. The van der Waals surface area contributed by atoms with Gasteiger partial charge in [-0.3, -0.25) is 9.80 Å². The summed E-state index contributed by atoms with van der Waals surface area (Å²) in [5.41, 5.74) is 3.73. The Hall–Kier alpha value is -1.69. The second-order valence-corrected chi connectivity index (χ2v) is 8.06. The molecule has 2 aromatic rings. The number of aliphatic hydroxyl groups excluding tert-OH is 1. The summed E-state index contributed by atoms with van der Waals surface area (Å²) in [7, 11) is 0. The van der Waals surface area contributed by atoms with E-state index >= 15 is 0 Å². The number of aromatic nitrogens is 1. The highest BCUT2D eigenvalue weighted by molar-refractivity contribution is 5.82. The van der Waals surface area contributed by atoms with E-state index < -0.39 is 0 Å². The molecule has 2 saturated heterocycles. The first-order chi connectivity index (χ1) is 13.2. The molecule has 0 aliphatic carbocycles. The molecule has 5 nitrogen and oxygen atoms in total. The maximum Gasteiger partial charge on any atom is 0.133 e. The maximum atomic E-state index is 9.20. The molecule has 5 heteroatoms. The van der Waals surface area contributed by atoms with E-state index in [4.69, 9.17) is 4.98 Å². The van der Waals surface area contributed by atoms with Crippen molar-refractivity contribution in [3.8, 4) is 0 Å². The molecule has 1 aromatic carbocycles. The van der Waals surface area contributed by atoms with Gasteiger partial charge in [0.25, 0.3) is 0 Å². The van der Waals surface area contributed by atoms with E-state index in [-0.39, 0.29) is 6.61 Å². The Balaban J connectivity index is 1.62. The van der Waals surface area contributed by atoms with Crippen molar-refractivity contribution in [1.29, 1.82) is 0 Å². The number of likely N-dealkylation sites (tertiary alicyclic amines) is 1. The van der Waals surface area contributed by atoms with E-state index in [1.54, 1.807) is 0 Å². The van der Waals surface area contributed by atoms with Gasteiger partial charge in [-0.25, -0.2) is 4.98 Å². The maximum absolute atomic E-state index is 9.20. The lowest BCUT2D eigenvalue weighted by Gasteiger charge is -2.37. The van der Waals surface area contributed by atoms with Crippen LogP contribution in [0.2, 0.25) is 0 Å². The standard InChI is InChI=1S/C22H32N4O/c1-18-5-6-19-16-20(17-25-7-3-2-4-8-25)22(23-21(19)15-18)26-11-9-24(10-12-26)13-14-27/h5-6,15-16,27H,2-4,7-14,17H2,1H3. The zero-order valence-corrected chi connectivity index (χ0v) is 16.5. The van der Waals surface area contributed by atoms with Gasteiger partial charge in [0.05, 0.1) is 12.1 Å². The highest BCUT2D eigenvalue weighted by Gasteiger charge is 2.22. The smallest absolute Gasteiger partial charge is 0.133 e. The van der Waals surface area contributed by atoms with Crippen LogP contribution in [0.5, 0.6) is 0 Å². The van der Waals surface area contributed by atoms with E-state index in [2.05, 4.69) is 45.9 Å². The summed E-state index contributed by atoms with van der Waals surface area (Å²) in [4.78, 5) is 12.5. The first-order valence-corrected chi connectivity index (χ1v) is 10.4. The fourth-order valence-electron chi connectivity index (χ4n) is 4.38. The van der Waals surface area contributed by atoms with E-state index in [9.17, 15) is 5.11 Å². The first-order valence-electron chi connectivity index (χ1n) is 10.4. The number of hydrogen-bond donors (Lipinski definition) is 1. The largest absolute Gasteiger partial charge is 0.395 e. The van der Waals surface area contributed by atoms with Gasteiger partial charge in [-0.15, -0.1) is 0 Å². The topological polar surface area (TPSA) is 42.8 Å². The van der Waals surface area contributed by atoms with Crippen molar-refractivity contribution in [3.05, 3.63) is 35.4 Å². The molecule has 1 aromatic heterocycles. The number of benzene rings is 1. The van der Waals surface area contributed by atoms with Crippen LogP contribution in [0.1, 0.15) is 30.4 Å². The molecular formula is C22H32N4O. The van der Waals surface area contributed by atoms with Gasteiger partial charge in [-0.05, 0) is 50.6 Å². The van der Waals surface area contributed by atoms with Gasteiger partial charge < -0.3 is 10.0 Å². The number of β-amino-alcohol motifs (C(OH)–C–C–N with tert-alkyl or cyclic N) is 1. The van der Waals surface area contributed by atoms with Gasteiger partial charge in [0.1, 0.15) is 5.82 Å². The quantitative estimate of drug-likeness (QED) is 0.879. The molecule has 1 N–H and O–H groups in total. The van der Waals surface area contributed by atoms with Crippen molar-refractivity contribution in [2.24, 2.45) is 0 Å². The normalized spacial score (nSPS) is 19.7. The number of aliphatic hydroxyl groups is 1. The fourth-order valence-corrected chi connectivity index (χ4v) is 4.38. The minimum Gasteiger partial charge on any atom is -0.395 e. The lowest BCUT2D eigenvalue weighted by molar-refractivity contribution is 0.188. The van der Waals surface area contributed by atoms with Gasteiger partial charge in [0.2, 0.25) is 0 Å². The van der Waals surface area contributed by atoms with Crippen molar-refractivity contribution in [1.82, 2.24) is 14.8 Å². The zero-order valence-electron chi connectivity index (χ0n) is 16.5. The highest BCUT2D eigenvalue weighted by Crippen LogP contribution is 2.27. The summed E-state index contributed by atoms with van der Waals surface area (Å²) in [5.74, 6) is 1.17. The molecule has 0 atom stereocenters. The minimum absolute atomic E-state index is 0.244. The molecule has 2 aliphatic heterocycles. The molecule has 0 spiro atoms. The summed E-state index contributed by atoms with van der Waals surface area (Å²) in [6, 6.07) is 8.96. The van der Waals surface area contributed by atoms with Crippen LogP contribution in [-0.4, -0.2) is 72.3 Å². The van der Waals surface area contributed by atoms with Crippen LogP contribution >= 0.6 is 0 Å². The number of piperidine rings is 1. The number of fused-ring (bicyclic) bond motifs is 1. The van der Waals surface area contributed by atoms with E-state index in [0.717, 1.165) is 44.8 Å². The molecular weight excluding hydrogens is 336 g/mol. The Bertz CT molecular complexity index is 764. The highest BCUT2D eigenvalue weighted by atomic mass is 16.3. The monoisotopic (exact) mass is 368 g/mol. The van der Waals surface area contributed by atoms with Crippen molar-refractivity contribution in [2.75, 3.05) is 57.3 Å². The molecule has 2 aliphatic rings. The Labute approximate surface area is 162 Å². The third-order valence-corrected chi connectivity index (χ3v) is 5.96. The van der Waals surface area contributed by atoms with Crippen molar-refractivity contribution >= 4 is 16.7 Å². The van der Waals surface area contributed by atoms with Gasteiger partial charge in [0, 0.05) is 50.2 Å². The Kier molecular flexibility index (Phi) is 5.91. The van der Waals surface area contributed by atoms with Gasteiger partial charge in [0.15, 0.2) is 0 Å². The molecule has 3 heterocycles. The average molecular weight is 369 g/mol. The third kappa shape index (κ3) is 4.42. The molecule has 0 radical (unpaired) electrons. The van der Waals surface area contributed by atoms with E-state index in [0.29, 0.717) is 0 Å². The molecule has 0 saturated carbocycles. The lowest BCUT2D eigenvalue weighted by atomic mass is 10.1. The van der Waals surface area contributed by atoms with E-state index in [1.807, 2.05) is 0 Å². The third-order valence-electron chi connectivity index (χ3n) is 5.96. The Morgan fingerprint density at radius 1 is 0.926 bits per heavy atom. The number of rotatable bonds is 5. The predicted octanol–water partition coefficient (Wildman–Crippen LogP) is 2.64. The van der Waals surface area contributed by atoms with Crippen LogP contribution in [0, 0.1) is 6.92 Å². The number of piperazine rings is 1. The number of aryl methyl sites for hydroxylation is 1. The number of pyridine rings is 1. The van der Waals surface area contributed by atoms with Crippen molar-refractivity contribution in [2.45, 2.75) is 32.7 Å². The average Bonchev–Trinajstić information content (AvgIpc) is 2.69. The van der Waals surface area contributed by atoms with Gasteiger partial charge in [-0.2, -0.15) is 0 Å². The molecule has 27 heavy (non-hydrogen) atoms. The second kappa shape index (κ2) is 8.55. The SMILES string of the molecule is Cc1ccc2cc(CN3CCCCC3)c(N3CCN(CCO)CC3)nc2c1. The Morgan fingerprint density at radius 3 is 2.44 bits per heavy atom.